The van der Waals surface area contributed by atoms with Crippen LogP contribution in [-0.2, 0) is 20.6 Å². The number of sulfonamides is 1. The first kappa shape index (κ1) is 23.4. The van der Waals surface area contributed by atoms with Crippen molar-refractivity contribution in [3.63, 3.8) is 0 Å². The summed E-state index contributed by atoms with van der Waals surface area (Å²) in [6, 6.07) is 15.0. The van der Waals surface area contributed by atoms with Crippen LogP contribution >= 0.6 is 23.2 Å². The molecule has 2 fully saturated rings. The number of carbonyl (C=O) groups excluding carboxylic acids is 1. The third-order valence-corrected chi connectivity index (χ3v) is 8.57. The smallest absolute Gasteiger partial charge is 0.227 e. The first-order valence-corrected chi connectivity index (χ1v) is 13.2. The van der Waals surface area contributed by atoms with Crippen LogP contribution in [0.5, 0.6) is 0 Å². The van der Waals surface area contributed by atoms with Gasteiger partial charge in [0.25, 0.3) is 0 Å². The Kier molecular flexibility index (Phi) is 7.30. The van der Waals surface area contributed by atoms with Crippen molar-refractivity contribution >= 4 is 44.8 Å². The molecule has 32 heavy (non-hydrogen) atoms. The number of rotatable bonds is 5. The zero-order chi connectivity index (χ0) is 22.7. The van der Waals surface area contributed by atoms with E-state index in [1.54, 1.807) is 18.2 Å². The first-order chi connectivity index (χ1) is 15.3. The average Bonchev–Trinajstić information content (AvgIpc) is 2.81. The number of benzene rings is 2. The van der Waals surface area contributed by atoms with Crippen LogP contribution in [0.2, 0.25) is 10.0 Å². The van der Waals surface area contributed by atoms with Gasteiger partial charge >= 0.3 is 0 Å². The van der Waals surface area contributed by atoms with Gasteiger partial charge in [0, 0.05) is 55.0 Å². The molecular formula is C23H27Cl2N3O3S. The van der Waals surface area contributed by atoms with E-state index < -0.39 is 10.0 Å². The molecule has 172 valence electrons. The van der Waals surface area contributed by atoms with Crippen molar-refractivity contribution in [2.24, 2.45) is 5.92 Å². The molecule has 2 heterocycles. The van der Waals surface area contributed by atoms with Crippen LogP contribution in [-0.4, -0.2) is 62.8 Å². The van der Waals surface area contributed by atoms with Gasteiger partial charge in [0.15, 0.2) is 0 Å². The van der Waals surface area contributed by atoms with Crippen LogP contribution in [0, 0.1) is 5.92 Å². The number of para-hydroxylation sites is 1. The molecule has 0 aliphatic carbocycles. The Hall–Kier alpha value is -1.80. The Labute approximate surface area is 199 Å². The molecule has 2 aromatic carbocycles. The number of nitrogens with zero attached hydrogens (tertiary/aromatic N) is 3. The van der Waals surface area contributed by atoms with Gasteiger partial charge in [-0.2, -0.15) is 0 Å². The molecule has 0 N–H and O–H groups in total. The van der Waals surface area contributed by atoms with Gasteiger partial charge in [-0.15, -0.1) is 0 Å². The standard InChI is InChI=1S/C23H27Cl2N3O3S/c24-20-9-8-19(22(25)15-20)17-32(30,31)28-10-4-5-18(16-28)23(29)27-13-11-26(12-14-27)21-6-2-1-3-7-21/h1-3,6-9,15,18H,4-5,10-14,16-17H2/t18-/m1/s1. The quantitative estimate of drug-likeness (QED) is 0.631. The first-order valence-electron chi connectivity index (χ1n) is 10.8. The number of anilines is 1. The van der Waals surface area contributed by atoms with E-state index in [2.05, 4.69) is 17.0 Å². The van der Waals surface area contributed by atoms with Crippen LogP contribution < -0.4 is 4.90 Å². The Morgan fingerprint density at radius 2 is 1.69 bits per heavy atom. The van der Waals surface area contributed by atoms with Crippen molar-refractivity contribution in [3.05, 3.63) is 64.1 Å². The minimum atomic E-state index is -3.59. The predicted octanol–water partition coefficient (Wildman–Crippen LogP) is 3.88. The largest absolute Gasteiger partial charge is 0.368 e. The van der Waals surface area contributed by atoms with E-state index in [9.17, 15) is 13.2 Å². The number of hydrogen-bond acceptors (Lipinski definition) is 4. The predicted molar refractivity (Wildman–Crippen MR) is 129 cm³/mol. The topological polar surface area (TPSA) is 60.9 Å². The van der Waals surface area contributed by atoms with Gasteiger partial charge < -0.3 is 9.80 Å². The van der Waals surface area contributed by atoms with Gasteiger partial charge in [0.05, 0.1) is 11.7 Å². The summed E-state index contributed by atoms with van der Waals surface area (Å²) >= 11 is 12.1. The lowest BCUT2D eigenvalue weighted by Gasteiger charge is -2.39. The maximum Gasteiger partial charge on any atom is 0.227 e. The molecule has 2 aliphatic rings. The second kappa shape index (κ2) is 10.00. The van der Waals surface area contributed by atoms with Crippen molar-refractivity contribution < 1.29 is 13.2 Å². The van der Waals surface area contributed by atoms with Gasteiger partial charge in [-0.3, -0.25) is 4.79 Å². The fourth-order valence-electron chi connectivity index (χ4n) is 4.41. The molecule has 2 aromatic rings. The Morgan fingerprint density at radius 3 is 2.38 bits per heavy atom. The monoisotopic (exact) mass is 495 g/mol. The summed E-state index contributed by atoms with van der Waals surface area (Å²) in [6.45, 7) is 3.51. The highest BCUT2D eigenvalue weighted by Crippen LogP contribution is 2.27. The van der Waals surface area contributed by atoms with E-state index in [1.165, 1.54) is 4.31 Å². The van der Waals surface area contributed by atoms with Crippen LogP contribution in [0.3, 0.4) is 0 Å². The van der Waals surface area contributed by atoms with Gasteiger partial charge in [0.2, 0.25) is 15.9 Å². The van der Waals surface area contributed by atoms with E-state index in [4.69, 9.17) is 23.2 Å². The van der Waals surface area contributed by atoms with Crippen molar-refractivity contribution in [2.45, 2.75) is 18.6 Å². The van der Waals surface area contributed by atoms with E-state index in [1.807, 2.05) is 23.1 Å². The van der Waals surface area contributed by atoms with E-state index in [0.29, 0.717) is 48.1 Å². The third-order valence-electron chi connectivity index (χ3n) is 6.19. The van der Waals surface area contributed by atoms with Crippen molar-refractivity contribution in [2.75, 3.05) is 44.2 Å². The fourth-order valence-corrected chi connectivity index (χ4v) is 6.60. The summed E-state index contributed by atoms with van der Waals surface area (Å²) in [5.41, 5.74) is 1.68. The van der Waals surface area contributed by atoms with E-state index in [0.717, 1.165) is 18.8 Å². The van der Waals surface area contributed by atoms with Gasteiger partial charge in [-0.1, -0.05) is 47.5 Å². The van der Waals surface area contributed by atoms with Crippen molar-refractivity contribution in [1.82, 2.24) is 9.21 Å². The number of piperazine rings is 1. The SMILES string of the molecule is O=C([C@@H]1CCCN(S(=O)(=O)Cc2ccc(Cl)cc2Cl)C1)N1CCN(c2ccccc2)CC1. The summed E-state index contributed by atoms with van der Waals surface area (Å²) in [6.07, 6.45) is 1.39. The summed E-state index contributed by atoms with van der Waals surface area (Å²) in [5.74, 6) is -0.440. The molecular weight excluding hydrogens is 469 g/mol. The molecule has 0 unspecified atom stereocenters. The highest BCUT2D eigenvalue weighted by molar-refractivity contribution is 7.88. The lowest BCUT2D eigenvalue weighted by atomic mass is 9.97. The molecule has 1 amide bonds. The maximum absolute atomic E-state index is 13.2. The molecule has 4 rings (SSSR count). The molecule has 0 spiro atoms. The minimum Gasteiger partial charge on any atom is -0.368 e. The van der Waals surface area contributed by atoms with Crippen LogP contribution in [0.4, 0.5) is 5.69 Å². The van der Waals surface area contributed by atoms with E-state index >= 15 is 0 Å². The van der Waals surface area contributed by atoms with Gasteiger partial charge in [0.1, 0.15) is 0 Å². The zero-order valence-electron chi connectivity index (χ0n) is 17.8. The lowest BCUT2D eigenvalue weighted by molar-refractivity contribution is -0.137. The second-order valence-electron chi connectivity index (χ2n) is 8.34. The Bertz CT molecular complexity index is 1060. The highest BCUT2D eigenvalue weighted by atomic mass is 35.5. The molecule has 0 radical (unpaired) electrons. The van der Waals surface area contributed by atoms with Crippen molar-refractivity contribution in [3.8, 4) is 0 Å². The van der Waals surface area contributed by atoms with Crippen LogP contribution in [0.25, 0.3) is 0 Å². The van der Waals surface area contributed by atoms with Crippen LogP contribution in [0.1, 0.15) is 18.4 Å². The second-order valence-corrected chi connectivity index (χ2v) is 11.1. The van der Waals surface area contributed by atoms with Crippen LogP contribution in [0.15, 0.2) is 48.5 Å². The summed E-state index contributed by atoms with van der Waals surface area (Å²) < 4.78 is 27.5. The van der Waals surface area contributed by atoms with E-state index in [-0.39, 0.29) is 24.1 Å². The Balaban J connectivity index is 1.36. The fraction of sp³-hybridized carbons (Fsp3) is 0.435. The lowest BCUT2D eigenvalue weighted by Crippen LogP contribution is -2.53. The zero-order valence-corrected chi connectivity index (χ0v) is 20.1. The third kappa shape index (κ3) is 5.39. The molecule has 1 atom stereocenters. The number of hydrogen-bond donors (Lipinski definition) is 0. The maximum atomic E-state index is 13.2. The molecule has 0 bridgehead atoms. The normalized spacial score (nSPS) is 20.4. The average molecular weight is 496 g/mol. The molecule has 0 aromatic heterocycles. The Morgan fingerprint density at radius 1 is 0.969 bits per heavy atom. The minimum absolute atomic E-state index is 0.0575. The molecule has 2 aliphatic heterocycles. The van der Waals surface area contributed by atoms with Gasteiger partial charge in [-0.25, -0.2) is 12.7 Å². The number of halogens is 2. The van der Waals surface area contributed by atoms with Crippen molar-refractivity contribution in [1.29, 1.82) is 0 Å². The number of piperidine rings is 1. The molecule has 6 nitrogen and oxygen atoms in total. The molecule has 9 heteroatoms. The van der Waals surface area contributed by atoms with Gasteiger partial charge in [-0.05, 0) is 42.7 Å². The summed E-state index contributed by atoms with van der Waals surface area (Å²) in [4.78, 5) is 17.3. The molecule has 2 saturated heterocycles. The molecule has 0 saturated carbocycles. The highest BCUT2D eigenvalue weighted by Gasteiger charge is 2.35. The summed E-state index contributed by atoms with van der Waals surface area (Å²) in [7, 11) is -3.59. The number of carbonyl (C=O) groups is 1. The summed E-state index contributed by atoms with van der Waals surface area (Å²) in [5, 5.41) is 0.800. The number of amides is 1.